The summed E-state index contributed by atoms with van der Waals surface area (Å²) in [5, 5.41) is 11.2. The first kappa shape index (κ1) is 16.0. The number of rotatable bonds is 5. The molecule has 0 heterocycles. The first-order valence-corrected chi connectivity index (χ1v) is 5.96. The molecule has 0 aliphatic heterocycles. The highest BCUT2D eigenvalue weighted by Crippen LogP contribution is 2.29. The first-order chi connectivity index (χ1) is 9.25. The minimum Gasteiger partial charge on any atom is -0.480 e. The van der Waals surface area contributed by atoms with Gasteiger partial charge in [0.05, 0.1) is 5.56 Å². The Bertz CT molecular complexity index is 483. The van der Waals surface area contributed by atoms with Crippen molar-refractivity contribution in [2.75, 3.05) is 0 Å². The van der Waals surface area contributed by atoms with Crippen LogP contribution >= 0.6 is 0 Å². The van der Waals surface area contributed by atoms with E-state index in [0.717, 1.165) is 24.3 Å². The van der Waals surface area contributed by atoms with Gasteiger partial charge in [0.25, 0.3) is 5.91 Å². The maximum atomic E-state index is 12.4. The summed E-state index contributed by atoms with van der Waals surface area (Å²) in [5.74, 6) is -1.88. The molecule has 1 rings (SSSR count). The molecule has 1 aromatic rings. The van der Waals surface area contributed by atoms with Crippen molar-refractivity contribution in [2.45, 2.75) is 32.0 Å². The van der Waals surface area contributed by atoms with Gasteiger partial charge in [-0.05, 0) is 30.7 Å². The van der Waals surface area contributed by atoms with Crippen LogP contribution in [0.1, 0.15) is 35.7 Å². The van der Waals surface area contributed by atoms with Crippen molar-refractivity contribution in [2.24, 2.45) is 0 Å². The number of aliphatic carboxylic acids is 1. The third kappa shape index (κ3) is 4.25. The van der Waals surface area contributed by atoms with Gasteiger partial charge in [-0.25, -0.2) is 4.79 Å². The lowest BCUT2D eigenvalue weighted by Crippen LogP contribution is -2.40. The number of carboxylic acid groups (broad SMARTS) is 1. The Morgan fingerprint density at radius 1 is 1.25 bits per heavy atom. The summed E-state index contributed by atoms with van der Waals surface area (Å²) in [6, 6.07) is 2.55. The highest BCUT2D eigenvalue weighted by molar-refractivity contribution is 5.96. The third-order valence-corrected chi connectivity index (χ3v) is 2.66. The molecule has 4 nitrogen and oxygen atoms in total. The van der Waals surface area contributed by atoms with E-state index in [1.54, 1.807) is 6.92 Å². The Morgan fingerprint density at radius 2 is 1.80 bits per heavy atom. The van der Waals surface area contributed by atoms with Crippen LogP contribution in [0.4, 0.5) is 13.2 Å². The van der Waals surface area contributed by atoms with Gasteiger partial charge in [0, 0.05) is 5.56 Å². The number of hydrogen-bond donors (Lipinski definition) is 2. The lowest BCUT2D eigenvalue weighted by Gasteiger charge is -2.14. The number of hydrogen-bond acceptors (Lipinski definition) is 2. The second kappa shape index (κ2) is 6.40. The number of carbonyl (C=O) groups excluding carboxylic acids is 1. The molecular weight excluding hydrogens is 275 g/mol. The molecule has 0 saturated carbocycles. The minimum atomic E-state index is -4.47. The van der Waals surface area contributed by atoms with Crippen LogP contribution in [-0.4, -0.2) is 23.0 Å². The summed E-state index contributed by atoms with van der Waals surface area (Å²) >= 11 is 0. The number of halogens is 3. The van der Waals surface area contributed by atoms with Crippen LogP contribution in [0.2, 0.25) is 0 Å². The highest BCUT2D eigenvalue weighted by atomic mass is 19.4. The standard InChI is InChI=1S/C13H14F3NO3/c1-2-3-10(12(19)20)17-11(18)8-4-6-9(7-5-8)13(14,15)16/h4-7,10H,2-3H2,1H3,(H,17,18)(H,19,20)/t10-/m0/s1. The first-order valence-electron chi connectivity index (χ1n) is 5.96. The summed E-state index contributed by atoms with van der Waals surface area (Å²) < 4.78 is 37.1. The van der Waals surface area contributed by atoms with Gasteiger partial charge in [-0.15, -0.1) is 0 Å². The zero-order valence-electron chi connectivity index (χ0n) is 10.7. The van der Waals surface area contributed by atoms with Crippen LogP contribution < -0.4 is 5.32 Å². The molecule has 1 aromatic carbocycles. The fraction of sp³-hybridized carbons (Fsp3) is 0.385. The topological polar surface area (TPSA) is 66.4 Å². The van der Waals surface area contributed by atoms with E-state index in [-0.39, 0.29) is 12.0 Å². The van der Waals surface area contributed by atoms with E-state index in [1.807, 2.05) is 0 Å². The van der Waals surface area contributed by atoms with Crippen molar-refractivity contribution in [3.8, 4) is 0 Å². The molecule has 2 N–H and O–H groups in total. The second-order valence-corrected chi connectivity index (χ2v) is 4.23. The minimum absolute atomic E-state index is 0.0136. The monoisotopic (exact) mass is 289 g/mol. The molecule has 0 unspecified atom stereocenters. The fourth-order valence-corrected chi connectivity index (χ4v) is 1.60. The van der Waals surface area contributed by atoms with Crippen LogP contribution in [0, 0.1) is 0 Å². The molecule has 20 heavy (non-hydrogen) atoms. The summed E-state index contributed by atoms with van der Waals surface area (Å²) in [7, 11) is 0. The summed E-state index contributed by atoms with van der Waals surface area (Å²) in [6.45, 7) is 1.76. The molecule has 7 heteroatoms. The SMILES string of the molecule is CCC[C@H](NC(=O)c1ccc(C(F)(F)F)cc1)C(=O)O. The Labute approximate surface area is 113 Å². The summed E-state index contributed by atoms with van der Waals surface area (Å²) in [4.78, 5) is 22.6. The molecule has 1 amide bonds. The van der Waals surface area contributed by atoms with Crippen molar-refractivity contribution < 1.29 is 27.9 Å². The average molecular weight is 289 g/mol. The van der Waals surface area contributed by atoms with Crippen LogP contribution in [0.3, 0.4) is 0 Å². The van der Waals surface area contributed by atoms with Crippen molar-refractivity contribution in [1.82, 2.24) is 5.32 Å². The maximum absolute atomic E-state index is 12.4. The van der Waals surface area contributed by atoms with Crippen LogP contribution in [0.25, 0.3) is 0 Å². The van der Waals surface area contributed by atoms with Crippen LogP contribution in [-0.2, 0) is 11.0 Å². The molecule has 0 saturated heterocycles. The van der Waals surface area contributed by atoms with Crippen molar-refractivity contribution in [1.29, 1.82) is 0 Å². The number of alkyl halides is 3. The Balaban J connectivity index is 2.80. The van der Waals surface area contributed by atoms with Crippen molar-refractivity contribution >= 4 is 11.9 Å². The van der Waals surface area contributed by atoms with Crippen LogP contribution in [0.5, 0.6) is 0 Å². The summed E-state index contributed by atoms with van der Waals surface area (Å²) in [6.07, 6.45) is -3.66. The van der Waals surface area contributed by atoms with E-state index in [4.69, 9.17) is 5.11 Å². The molecule has 0 radical (unpaired) electrons. The van der Waals surface area contributed by atoms with E-state index in [2.05, 4.69) is 5.32 Å². The third-order valence-electron chi connectivity index (χ3n) is 2.66. The van der Waals surface area contributed by atoms with Gasteiger partial charge in [-0.3, -0.25) is 4.79 Å². The number of nitrogens with one attached hydrogen (secondary N) is 1. The molecule has 1 atom stereocenters. The van der Waals surface area contributed by atoms with Gasteiger partial charge < -0.3 is 10.4 Å². The molecule has 0 aliphatic rings. The van der Waals surface area contributed by atoms with Gasteiger partial charge in [-0.2, -0.15) is 13.2 Å². The van der Waals surface area contributed by atoms with Gasteiger partial charge in [-0.1, -0.05) is 13.3 Å². The number of carboxylic acids is 1. The maximum Gasteiger partial charge on any atom is 0.416 e. The Morgan fingerprint density at radius 3 is 2.20 bits per heavy atom. The van der Waals surface area contributed by atoms with Gasteiger partial charge >= 0.3 is 12.1 Å². The molecule has 110 valence electrons. The molecular formula is C13H14F3NO3. The zero-order chi connectivity index (χ0) is 15.3. The van der Waals surface area contributed by atoms with E-state index >= 15 is 0 Å². The predicted octanol–water partition coefficient (Wildman–Crippen LogP) is 2.69. The van der Waals surface area contributed by atoms with Gasteiger partial charge in [0.1, 0.15) is 6.04 Å². The molecule has 0 spiro atoms. The predicted molar refractivity (Wildman–Crippen MR) is 65.2 cm³/mol. The molecule has 0 aromatic heterocycles. The largest absolute Gasteiger partial charge is 0.480 e. The normalized spacial score (nSPS) is 12.8. The van der Waals surface area contributed by atoms with E-state index < -0.39 is 29.7 Å². The smallest absolute Gasteiger partial charge is 0.416 e. The van der Waals surface area contributed by atoms with Gasteiger partial charge in [0.15, 0.2) is 0 Å². The fourth-order valence-electron chi connectivity index (χ4n) is 1.60. The van der Waals surface area contributed by atoms with Crippen LogP contribution in [0.15, 0.2) is 24.3 Å². The number of benzene rings is 1. The quantitative estimate of drug-likeness (QED) is 0.875. The zero-order valence-corrected chi connectivity index (χ0v) is 10.7. The average Bonchev–Trinajstić information content (AvgIpc) is 2.37. The highest BCUT2D eigenvalue weighted by Gasteiger charge is 2.30. The molecule has 0 fully saturated rings. The second-order valence-electron chi connectivity index (χ2n) is 4.23. The van der Waals surface area contributed by atoms with E-state index in [1.165, 1.54) is 0 Å². The van der Waals surface area contributed by atoms with Crippen molar-refractivity contribution in [3.05, 3.63) is 35.4 Å². The Hall–Kier alpha value is -2.05. The summed E-state index contributed by atoms with van der Waals surface area (Å²) in [5.41, 5.74) is -0.877. The lowest BCUT2D eigenvalue weighted by molar-refractivity contribution is -0.139. The molecule has 0 aliphatic carbocycles. The van der Waals surface area contributed by atoms with E-state index in [0.29, 0.717) is 6.42 Å². The Kier molecular flexibility index (Phi) is 5.12. The number of carbonyl (C=O) groups is 2. The lowest BCUT2D eigenvalue weighted by atomic mass is 10.1. The van der Waals surface area contributed by atoms with Crippen molar-refractivity contribution in [3.63, 3.8) is 0 Å². The van der Waals surface area contributed by atoms with E-state index in [9.17, 15) is 22.8 Å². The molecule has 0 bridgehead atoms. The van der Waals surface area contributed by atoms with Gasteiger partial charge in [0.2, 0.25) is 0 Å². The number of amides is 1.